The van der Waals surface area contributed by atoms with Crippen LogP contribution in [0.1, 0.15) is 26.0 Å². The predicted molar refractivity (Wildman–Crippen MR) is 104 cm³/mol. The minimum absolute atomic E-state index is 0.110. The van der Waals surface area contributed by atoms with Gasteiger partial charge >= 0.3 is 0 Å². The van der Waals surface area contributed by atoms with Crippen LogP contribution in [0.25, 0.3) is 0 Å². The van der Waals surface area contributed by atoms with Crippen LogP contribution in [0.3, 0.4) is 0 Å². The highest BCUT2D eigenvalue weighted by molar-refractivity contribution is 7.91. The molecule has 0 radical (unpaired) electrons. The lowest BCUT2D eigenvalue weighted by atomic mass is 10.2. The molecule has 1 amide bonds. The summed E-state index contributed by atoms with van der Waals surface area (Å²) in [7, 11) is -4.02. The van der Waals surface area contributed by atoms with Gasteiger partial charge in [-0.05, 0) is 54.3 Å². The molecule has 29 heavy (non-hydrogen) atoms. The summed E-state index contributed by atoms with van der Waals surface area (Å²) < 4.78 is 67.5. The zero-order valence-corrected chi connectivity index (χ0v) is 16.8. The summed E-state index contributed by atoms with van der Waals surface area (Å²) in [5.74, 6) is -3.70. The third-order valence-corrected chi connectivity index (χ3v) is 7.55. The van der Waals surface area contributed by atoms with Crippen molar-refractivity contribution in [3.63, 3.8) is 0 Å². The van der Waals surface area contributed by atoms with Crippen molar-refractivity contribution in [2.75, 3.05) is 6.54 Å². The van der Waals surface area contributed by atoms with E-state index >= 15 is 0 Å². The van der Waals surface area contributed by atoms with Crippen LogP contribution in [0.5, 0.6) is 0 Å². The van der Waals surface area contributed by atoms with E-state index < -0.39 is 50.6 Å². The minimum Gasteiger partial charge on any atom is -0.350 e. The van der Waals surface area contributed by atoms with Crippen molar-refractivity contribution in [2.45, 2.75) is 17.1 Å². The van der Waals surface area contributed by atoms with E-state index in [1.165, 1.54) is 13.0 Å². The summed E-state index contributed by atoms with van der Waals surface area (Å²) in [5.41, 5.74) is -0.624. The zero-order chi connectivity index (χ0) is 21.2. The molecule has 0 fully saturated rings. The van der Waals surface area contributed by atoms with Crippen molar-refractivity contribution in [1.82, 2.24) is 5.32 Å². The molecule has 0 aliphatic carbocycles. The fourth-order valence-electron chi connectivity index (χ4n) is 2.78. The first-order valence-corrected chi connectivity index (χ1v) is 10.9. The Bertz CT molecular complexity index is 1130. The summed E-state index contributed by atoms with van der Waals surface area (Å²) in [6, 6.07) is 9.65. The Labute approximate surface area is 169 Å². The topological polar surface area (TPSA) is 63.2 Å². The summed E-state index contributed by atoms with van der Waals surface area (Å²) in [5, 5.41) is 2.78. The molecule has 0 aliphatic rings. The number of carbonyl (C=O) groups excluding carboxylic acids is 1. The van der Waals surface area contributed by atoms with Crippen molar-refractivity contribution >= 4 is 27.1 Å². The van der Waals surface area contributed by atoms with Gasteiger partial charge in [0.2, 0.25) is 0 Å². The molecule has 0 bridgehead atoms. The number of nitrogens with one attached hydrogen (secondary N) is 1. The second-order valence-electron chi connectivity index (χ2n) is 6.27. The molecule has 0 spiro atoms. The van der Waals surface area contributed by atoms with Gasteiger partial charge in [0.15, 0.2) is 9.84 Å². The normalized spacial score (nSPS) is 12.6. The van der Waals surface area contributed by atoms with Crippen molar-refractivity contribution in [3.8, 4) is 0 Å². The molecule has 1 N–H and O–H groups in total. The van der Waals surface area contributed by atoms with Crippen molar-refractivity contribution in [3.05, 3.63) is 87.4 Å². The maximum atomic E-state index is 13.8. The van der Waals surface area contributed by atoms with Crippen LogP contribution in [0.4, 0.5) is 13.2 Å². The van der Waals surface area contributed by atoms with Gasteiger partial charge in [0.1, 0.15) is 28.3 Å². The smallest absolute Gasteiger partial charge is 0.257 e. The quantitative estimate of drug-likeness (QED) is 0.579. The number of carbonyl (C=O) groups is 1. The van der Waals surface area contributed by atoms with Gasteiger partial charge in [-0.2, -0.15) is 0 Å². The Morgan fingerprint density at radius 1 is 1.03 bits per heavy atom. The number of amides is 1. The van der Waals surface area contributed by atoms with Gasteiger partial charge < -0.3 is 5.32 Å². The minimum atomic E-state index is -4.02. The Hall–Kier alpha value is -2.65. The van der Waals surface area contributed by atoms with E-state index in [4.69, 9.17) is 0 Å². The molecule has 0 saturated carbocycles. The first-order valence-electron chi connectivity index (χ1n) is 8.47. The Balaban J connectivity index is 1.93. The summed E-state index contributed by atoms with van der Waals surface area (Å²) in [6.45, 7) is 1.03. The molecular formula is C20H16F3NO3S2. The molecule has 3 aromatic rings. The van der Waals surface area contributed by atoms with E-state index in [0.29, 0.717) is 4.88 Å². The number of thiophene rings is 1. The second-order valence-corrected chi connectivity index (χ2v) is 9.38. The van der Waals surface area contributed by atoms with Gasteiger partial charge in [0.25, 0.3) is 5.91 Å². The van der Waals surface area contributed by atoms with Gasteiger partial charge in [-0.1, -0.05) is 12.1 Å². The van der Waals surface area contributed by atoms with Crippen LogP contribution >= 0.6 is 11.3 Å². The lowest BCUT2D eigenvalue weighted by Gasteiger charge is -2.18. The fraction of sp³-hybridized carbons (Fsp3) is 0.150. The molecule has 0 saturated heterocycles. The first kappa shape index (κ1) is 21.1. The van der Waals surface area contributed by atoms with Gasteiger partial charge in [-0.25, -0.2) is 21.6 Å². The number of hydrogen-bond donors (Lipinski definition) is 1. The standard InChI is InChI=1S/C20H16F3NO3S2/c1-12-10-13(7-8-14(12)21)29(26,27)18(17-6-3-9-28-17)11-24-20(25)19-15(22)4-2-5-16(19)23/h2-10,18H,11H2,1H3,(H,24,25)/t18-/m0/s1. The Morgan fingerprint density at radius 3 is 2.31 bits per heavy atom. The van der Waals surface area contributed by atoms with Gasteiger partial charge in [-0.3, -0.25) is 4.79 Å². The third-order valence-electron chi connectivity index (χ3n) is 4.33. The highest BCUT2D eigenvalue weighted by Gasteiger charge is 2.31. The van der Waals surface area contributed by atoms with Crippen molar-refractivity contribution in [2.24, 2.45) is 0 Å². The number of aryl methyl sites for hydroxylation is 1. The SMILES string of the molecule is Cc1cc(S(=O)(=O)[C@@H](CNC(=O)c2c(F)cccc2F)c2cccs2)ccc1F. The molecule has 4 nitrogen and oxygen atoms in total. The summed E-state index contributed by atoms with van der Waals surface area (Å²) >= 11 is 1.16. The van der Waals surface area contributed by atoms with Crippen molar-refractivity contribution in [1.29, 1.82) is 0 Å². The molecule has 1 heterocycles. The predicted octanol–water partition coefficient (Wildman–Crippen LogP) is 4.42. The molecule has 3 rings (SSSR count). The maximum Gasteiger partial charge on any atom is 0.257 e. The Kier molecular flexibility index (Phi) is 6.09. The lowest BCUT2D eigenvalue weighted by molar-refractivity contribution is 0.0945. The lowest BCUT2D eigenvalue weighted by Crippen LogP contribution is -2.32. The van der Waals surface area contributed by atoms with Gasteiger partial charge in [0.05, 0.1) is 4.90 Å². The average Bonchev–Trinajstić information content (AvgIpc) is 3.18. The van der Waals surface area contributed by atoms with Gasteiger partial charge in [-0.15, -0.1) is 11.3 Å². The molecular weight excluding hydrogens is 423 g/mol. The van der Waals surface area contributed by atoms with E-state index in [9.17, 15) is 26.4 Å². The summed E-state index contributed by atoms with van der Waals surface area (Å²) in [4.78, 5) is 12.6. The second kappa shape index (κ2) is 8.38. The van der Waals surface area contributed by atoms with Crippen LogP contribution < -0.4 is 5.32 Å². The molecule has 152 valence electrons. The van der Waals surface area contributed by atoms with Crippen LogP contribution in [-0.4, -0.2) is 20.9 Å². The number of halogens is 3. The van der Waals surface area contributed by atoms with E-state index in [2.05, 4.69) is 5.32 Å². The Morgan fingerprint density at radius 2 is 1.72 bits per heavy atom. The van der Waals surface area contributed by atoms with E-state index in [1.54, 1.807) is 17.5 Å². The molecule has 9 heteroatoms. The molecule has 1 aromatic heterocycles. The summed E-state index contributed by atoms with van der Waals surface area (Å²) in [6.07, 6.45) is 0. The third kappa shape index (κ3) is 4.35. The largest absolute Gasteiger partial charge is 0.350 e. The number of rotatable bonds is 6. The molecule has 2 aromatic carbocycles. The van der Waals surface area contributed by atoms with Crippen LogP contribution in [-0.2, 0) is 9.84 Å². The molecule has 0 unspecified atom stereocenters. The number of sulfone groups is 1. The average molecular weight is 439 g/mol. The fourth-order valence-corrected chi connectivity index (χ4v) is 5.65. The van der Waals surface area contributed by atoms with E-state index in [1.807, 2.05) is 0 Å². The van der Waals surface area contributed by atoms with Crippen LogP contribution in [0, 0.1) is 24.4 Å². The van der Waals surface area contributed by atoms with Crippen LogP contribution in [0.15, 0.2) is 58.8 Å². The van der Waals surface area contributed by atoms with Gasteiger partial charge in [0, 0.05) is 11.4 Å². The maximum absolute atomic E-state index is 13.8. The number of benzene rings is 2. The van der Waals surface area contributed by atoms with Crippen molar-refractivity contribution < 1.29 is 26.4 Å². The van der Waals surface area contributed by atoms with E-state index in [0.717, 1.165) is 41.7 Å². The first-order chi connectivity index (χ1) is 13.7. The zero-order valence-electron chi connectivity index (χ0n) is 15.2. The highest BCUT2D eigenvalue weighted by atomic mass is 32.2. The monoisotopic (exact) mass is 439 g/mol. The highest BCUT2D eigenvalue weighted by Crippen LogP contribution is 2.32. The van der Waals surface area contributed by atoms with E-state index in [-0.39, 0.29) is 10.5 Å². The number of hydrogen-bond acceptors (Lipinski definition) is 4. The molecule has 1 atom stereocenters. The van der Waals surface area contributed by atoms with Crippen LogP contribution in [0.2, 0.25) is 0 Å². The molecule has 0 aliphatic heterocycles.